The van der Waals surface area contributed by atoms with E-state index in [1.165, 1.54) is 12.3 Å². The molecule has 1 atom stereocenters. The summed E-state index contributed by atoms with van der Waals surface area (Å²) in [5, 5.41) is 0. The molecule has 2 aliphatic heterocycles. The van der Waals surface area contributed by atoms with Gasteiger partial charge in [-0.25, -0.2) is 13.8 Å². The molecule has 0 bridgehead atoms. The third-order valence-corrected chi connectivity index (χ3v) is 5.97. The molecule has 2 fully saturated rings. The van der Waals surface area contributed by atoms with Crippen LogP contribution in [-0.4, -0.2) is 97.1 Å². The number of nitrogen functional groups attached to an aromatic ring is 1. The molecule has 2 saturated heterocycles. The van der Waals surface area contributed by atoms with E-state index >= 15 is 0 Å². The quantitative estimate of drug-likeness (QED) is 0.647. The molecular formula is C21H30F2N8O2. The van der Waals surface area contributed by atoms with E-state index in [-0.39, 0.29) is 28.8 Å². The van der Waals surface area contributed by atoms with Crippen molar-refractivity contribution >= 4 is 17.7 Å². The summed E-state index contributed by atoms with van der Waals surface area (Å²) < 4.78 is 38.3. The van der Waals surface area contributed by atoms with Crippen LogP contribution in [0.2, 0.25) is 0 Å². The van der Waals surface area contributed by atoms with Crippen LogP contribution >= 0.6 is 0 Å². The summed E-state index contributed by atoms with van der Waals surface area (Å²) >= 11 is 0. The number of morpholine rings is 1. The number of alkyl halides is 2. The molecule has 0 unspecified atom stereocenters. The number of hydrogen-bond donors (Lipinski definition) is 1. The number of ether oxygens (including phenoxy) is 2. The third-order valence-electron chi connectivity index (χ3n) is 5.97. The number of nitrogens with two attached hydrogens (primary N) is 1. The smallest absolute Gasteiger partial charge is 0.264 e. The minimum Gasteiger partial charge on any atom is -0.383 e. The molecule has 0 aliphatic carbocycles. The van der Waals surface area contributed by atoms with Crippen molar-refractivity contribution < 1.29 is 18.3 Å². The van der Waals surface area contributed by atoms with Crippen molar-refractivity contribution in [2.45, 2.75) is 19.4 Å². The monoisotopic (exact) mass is 464 g/mol. The van der Waals surface area contributed by atoms with E-state index in [4.69, 9.17) is 20.2 Å². The molecule has 0 spiro atoms. The highest BCUT2D eigenvalue weighted by Gasteiger charge is 2.28. The first-order chi connectivity index (χ1) is 16.0. The molecule has 0 radical (unpaired) electrons. The Bertz CT molecular complexity index is 942. The lowest BCUT2D eigenvalue weighted by Crippen LogP contribution is -2.48. The molecule has 0 amide bonds. The lowest BCUT2D eigenvalue weighted by atomic mass is 10.1. The van der Waals surface area contributed by atoms with E-state index < -0.39 is 6.43 Å². The predicted molar refractivity (Wildman–Crippen MR) is 121 cm³/mol. The topological polar surface area (TPSA) is 106 Å². The minimum atomic E-state index is -2.74. The van der Waals surface area contributed by atoms with Crippen LogP contribution in [0.3, 0.4) is 0 Å². The van der Waals surface area contributed by atoms with E-state index in [0.29, 0.717) is 51.4 Å². The van der Waals surface area contributed by atoms with Gasteiger partial charge < -0.3 is 25.0 Å². The first-order valence-corrected chi connectivity index (χ1v) is 11.1. The Hall–Kier alpha value is -2.70. The Morgan fingerprint density at radius 1 is 1.15 bits per heavy atom. The van der Waals surface area contributed by atoms with E-state index in [0.717, 1.165) is 19.6 Å². The Kier molecular flexibility index (Phi) is 7.46. The summed E-state index contributed by atoms with van der Waals surface area (Å²) in [4.78, 5) is 24.3. The van der Waals surface area contributed by atoms with Gasteiger partial charge in [0, 0.05) is 58.1 Å². The molecule has 2 aromatic rings. The fourth-order valence-electron chi connectivity index (χ4n) is 4.07. The first kappa shape index (κ1) is 23.5. The van der Waals surface area contributed by atoms with Gasteiger partial charge in [-0.2, -0.15) is 15.0 Å². The second-order valence-corrected chi connectivity index (χ2v) is 8.16. The van der Waals surface area contributed by atoms with Gasteiger partial charge in [0.15, 0.2) is 5.82 Å². The Labute approximate surface area is 191 Å². The Morgan fingerprint density at radius 2 is 1.91 bits per heavy atom. The van der Waals surface area contributed by atoms with Crippen molar-refractivity contribution in [3.8, 4) is 11.4 Å². The molecule has 4 rings (SSSR count). The number of methoxy groups -OCH3 is 1. The van der Waals surface area contributed by atoms with Crippen molar-refractivity contribution in [2.75, 3.05) is 81.7 Å². The SMILES string of the molecule is COCCN1CCN(c2nc(-c3c(C(F)F)ccnc3N)nc(N3CCOC[C@H]3C)n2)CC1. The molecular weight excluding hydrogens is 434 g/mol. The third kappa shape index (κ3) is 5.28. The van der Waals surface area contributed by atoms with Gasteiger partial charge in [0.2, 0.25) is 11.9 Å². The van der Waals surface area contributed by atoms with Crippen LogP contribution in [0.1, 0.15) is 18.9 Å². The lowest BCUT2D eigenvalue weighted by Gasteiger charge is -2.36. The van der Waals surface area contributed by atoms with E-state index in [2.05, 4.69) is 24.8 Å². The van der Waals surface area contributed by atoms with Crippen LogP contribution in [0, 0.1) is 0 Å². The van der Waals surface area contributed by atoms with Gasteiger partial charge in [-0.1, -0.05) is 0 Å². The van der Waals surface area contributed by atoms with Crippen LogP contribution in [-0.2, 0) is 9.47 Å². The highest BCUT2D eigenvalue weighted by atomic mass is 19.3. The number of aromatic nitrogens is 4. The molecule has 12 heteroatoms. The summed E-state index contributed by atoms with van der Waals surface area (Å²) in [6.45, 7) is 8.26. The molecule has 180 valence electrons. The number of nitrogens with zero attached hydrogens (tertiary/aromatic N) is 7. The first-order valence-electron chi connectivity index (χ1n) is 11.1. The number of piperazine rings is 1. The Morgan fingerprint density at radius 3 is 2.61 bits per heavy atom. The average molecular weight is 465 g/mol. The van der Waals surface area contributed by atoms with E-state index in [1.807, 2.05) is 11.8 Å². The normalized spacial score (nSPS) is 20.0. The zero-order valence-corrected chi connectivity index (χ0v) is 19.0. The summed E-state index contributed by atoms with van der Waals surface area (Å²) in [5.41, 5.74) is 5.84. The van der Waals surface area contributed by atoms with Crippen molar-refractivity contribution in [3.05, 3.63) is 17.8 Å². The maximum Gasteiger partial charge on any atom is 0.264 e. The minimum absolute atomic E-state index is 0.0321. The van der Waals surface area contributed by atoms with Gasteiger partial charge in [0.25, 0.3) is 6.43 Å². The molecule has 0 saturated carbocycles. The summed E-state index contributed by atoms with van der Waals surface area (Å²) in [5.74, 6) is 0.950. The zero-order chi connectivity index (χ0) is 23.4. The standard InChI is InChI=1S/C21H30F2N8O2/c1-14-13-33-12-10-31(14)21-27-19(16-15(17(22)23)3-4-25-18(16)24)26-20(28-21)30-7-5-29(6-8-30)9-11-32-2/h3-4,14,17H,5-13H2,1-2H3,(H2,24,25)/t14-/m1/s1. The van der Waals surface area contributed by atoms with E-state index in [9.17, 15) is 8.78 Å². The van der Waals surface area contributed by atoms with Gasteiger partial charge in [-0.15, -0.1) is 0 Å². The summed E-state index contributed by atoms with van der Waals surface area (Å²) in [6, 6.07) is 1.29. The second-order valence-electron chi connectivity index (χ2n) is 8.16. The molecule has 2 aromatic heterocycles. The van der Waals surface area contributed by atoms with Crippen molar-refractivity contribution in [1.29, 1.82) is 0 Å². The largest absolute Gasteiger partial charge is 0.383 e. The molecule has 2 aliphatic rings. The van der Waals surface area contributed by atoms with Gasteiger partial charge in [0.05, 0.1) is 31.4 Å². The molecule has 4 heterocycles. The van der Waals surface area contributed by atoms with Crippen LogP contribution < -0.4 is 15.5 Å². The highest BCUT2D eigenvalue weighted by Crippen LogP contribution is 2.34. The molecule has 0 aromatic carbocycles. The van der Waals surface area contributed by atoms with Crippen molar-refractivity contribution in [2.24, 2.45) is 0 Å². The van der Waals surface area contributed by atoms with Gasteiger partial charge in [0.1, 0.15) is 5.82 Å². The van der Waals surface area contributed by atoms with Crippen LogP contribution in [0.4, 0.5) is 26.5 Å². The van der Waals surface area contributed by atoms with Crippen molar-refractivity contribution in [3.63, 3.8) is 0 Å². The van der Waals surface area contributed by atoms with Crippen LogP contribution in [0.25, 0.3) is 11.4 Å². The van der Waals surface area contributed by atoms with Crippen molar-refractivity contribution in [1.82, 2.24) is 24.8 Å². The lowest BCUT2D eigenvalue weighted by molar-refractivity contribution is 0.0980. The molecule has 2 N–H and O–H groups in total. The number of anilines is 3. The number of halogens is 2. The maximum absolute atomic E-state index is 13.8. The molecule has 10 nitrogen and oxygen atoms in total. The number of pyridine rings is 1. The number of rotatable bonds is 7. The fourth-order valence-corrected chi connectivity index (χ4v) is 4.07. The predicted octanol–water partition coefficient (Wildman–Crippen LogP) is 1.45. The zero-order valence-electron chi connectivity index (χ0n) is 19.0. The van der Waals surface area contributed by atoms with Gasteiger partial charge >= 0.3 is 0 Å². The average Bonchev–Trinajstić information content (AvgIpc) is 2.83. The van der Waals surface area contributed by atoms with Crippen LogP contribution in [0.15, 0.2) is 12.3 Å². The van der Waals surface area contributed by atoms with Gasteiger partial charge in [-0.05, 0) is 13.0 Å². The second kappa shape index (κ2) is 10.5. The summed E-state index contributed by atoms with van der Waals surface area (Å²) in [6.07, 6.45) is -1.47. The maximum atomic E-state index is 13.8. The summed E-state index contributed by atoms with van der Waals surface area (Å²) in [7, 11) is 1.69. The highest BCUT2D eigenvalue weighted by molar-refractivity contribution is 5.73. The molecule has 33 heavy (non-hydrogen) atoms. The van der Waals surface area contributed by atoms with Crippen LogP contribution in [0.5, 0.6) is 0 Å². The fraction of sp³-hybridized carbons (Fsp3) is 0.619. The van der Waals surface area contributed by atoms with Gasteiger partial charge in [-0.3, -0.25) is 4.90 Å². The number of hydrogen-bond acceptors (Lipinski definition) is 10. The Balaban J connectivity index is 1.72. The van der Waals surface area contributed by atoms with E-state index in [1.54, 1.807) is 7.11 Å².